The molecular formula is C16H22FNO3. The third-order valence-electron chi connectivity index (χ3n) is 4.37. The molecule has 2 rings (SSSR count). The Bertz CT molecular complexity index is 506. The summed E-state index contributed by atoms with van der Waals surface area (Å²) in [5, 5.41) is 22.3. The van der Waals surface area contributed by atoms with E-state index in [-0.39, 0.29) is 23.6 Å². The van der Waals surface area contributed by atoms with E-state index in [1.54, 1.807) is 6.07 Å². The van der Waals surface area contributed by atoms with Gasteiger partial charge in [0.15, 0.2) is 0 Å². The van der Waals surface area contributed by atoms with E-state index < -0.39 is 11.8 Å². The molecular weight excluding hydrogens is 273 g/mol. The highest BCUT2D eigenvalue weighted by Gasteiger charge is 2.30. The van der Waals surface area contributed by atoms with E-state index in [2.05, 4.69) is 5.32 Å². The van der Waals surface area contributed by atoms with Crippen molar-refractivity contribution < 1.29 is 19.4 Å². The first-order valence-electron chi connectivity index (χ1n) is 7.43. The maximum atomic E-state index is 13.0. The Hall–Kier alpha value is -1.62. The van der Waals surface area contributed by atoms with Crippen molar-refractivity contribution in [2.24, 2.45) is 11.8 Å². The summed E-state index contributed by atoms with van der Waals surface area (Å²) < 4.78 is 13.0. The molecule has 3 atom stereocenters. The average Bonchev–Trinajstić information content (AvgIpc) is 2.45. The number of carboxylic acid groups (broad SMARTS) is 1. The molecule has 0 aromatic heterocycles. The lowest BCUT2D eigenvalue weighted by molar-refractivity contribution is -0.144. The van der Waals surface area contributed by atoms with E-state index >= 15 is 0 Å². The van der Waals surface area contributed by atoms with Gasteiger partial charge in [-0.3, -0.25) is 4.79 Å². The molecule has 5 heteroatoms. The Morgan fingerprint density at radius 1 is 1.43 bits per heavy atom. The Balaban J connectivity index is 1.96. The Labute approximate surface area is 124 Å². The Kier molecular flexibility index (Phi) is 5.17. The van der Waals surface area contributed by atoms with Crippen LogP contribution in [0.2, 0.25) is 0 Å². The molecule has 116 valence electrons. The maximum Gasteiger partial charge on any atom is 0.306 e. The summed E-state index contributed by atoms with van der Waals surface area (Å²) in [6.07, 6.45) is 3.68. The molecule has 0 amide bonds. The van der Waals surface area contributed by atoms with Crippen LogP contribution in [0, 0.1) is 17.7 Å². The second-order valence-corrected chi connectivity index (χ2v) is 5.82. The minimum Gasteiger partial charge on any atom is -0.508 e. The molecule has 1 aliphatic rings. The summed E-state index contributed by atoms with van der Waals surface area (Å²) in [5.41, 5.74) is 0.624. The van der Waals surface area contributed by atoms with Crippen molar-refractivity contribution in [3.8, 4) is 5.75 Å². The molecule has 1 aromatic rings. The number of hydrogen-bond donors (Lipinski definition) is 3. The van der Waals surface area contributed by atoms with Gasteiger partial charge in [0.2, 0.25) is 0 Å². The first kappa shape index (κ1) is 15.8. The van der Waals surface area contributed by atoms with Crippen molar-refractivity contribution in [2.45, 2.75) is 38.6 Å². The van der Waals surface area contributed by atoms with E-state index in [0.717, 1.165) is 31.7 Å². The van der Waals surface area contributed by atoms with Crippen molar-refractivity contribution in [3.63, 3.8) is 0 Å². The van der Waals surface area contributed by atoms with Crippen LogP contribution in [0.1, 0.15) is 44.2 Å². The summed E-state index contributed by atoms with van der Waals surface area (Å²) in [4.78, 5) is 11.3. The zero-order chi connectivity index (χ0) is 15.4. The van der Waals surface area contributed by atoms with Gasteiger partial charge >= 0.3 is 5.97 Å². The van der Waals surface area contributed by atoms with Crippen molar-refractivity contribution in [3.05, 3.63) is 29.6 Å². The molecule has 1 fully saturated rings. The monoisotopic (exact) mass is 295 g/mol. The van der Waals surface area contributed by atoms with Gasteiger partial charge in [-0.2, -0.15) is 0 Å². The summed E-state index contributed by atoms with van der Waals surface area (Å²) in [5.74, 6) is -1.45. The van der Waals surface area contributed by atoms with Crippen molar-refractivity contribution in [2.75, 3.05) is 6.54 Å². The van der Waals surface area contributed by atoms with Crippen LogP contribution in [0.25, 0.3) is 0 Å². The topological polar surface area (TPSA) is 69.6 Å². The van der Waals surface area contributed by atoms with E-state index in [1.165, 1.54) is 6.07 Å². The number of carboxylic acids is 1. The fourth-order valence-corrected chi connectivity index (χ4v) is 3.10. The van der Waals surface area contributed by atoms with Crippen LogP contribution in [0.15, 0.2) is 18.2 Å². The lowest BCUT2D eigenvalue weighted by Crippen LogP contribution is -2.35. The number of benzene rings is 1. The largest absolute Gasteiger partial charge is 0.508 e. The Morgan fingerprint density at radius 2 is 2.14 bits per heavy atom. The summed E-state index contributed by atoms with van der Waals surface area (Å²) >= 11 is 0. The third-order valence-corrected chi connectivity index (χ3v) is 4.37. The first-order valence-corrected chi connectivity index (χ1v) is 7.43. The highest BCUT2D eigenvalue weighted by molar-refractivity contribution is 5.70. The maximum absolute atomic E-state index is 13.0. The predicted octanol–water partition coefficient (Wildman–Crippen LogP) is 3.07. The van der Waals surface area contributed by atoms with Gasteiger partial charge < -0.3 is 15.5 Å². The smallest absolute Gasteiger partial charge is 0.306 e. The standard InChI is InChI=1S/C16H22FNO3/c1-10(13-7-6-12(17)8-15(13)19)18-9-11-4-2-3-5-14(11)16(20)21/h6-8,10-11,14,18-19H,2-5,9H2,1H3,(H,20,21). The molecule has 21 heavy (non-hydrogen) atoms. The molecule has 4 nitrogen and oxygen atoms in total. The number of halogens is 1. The summed E-state index contributed by atoms with van der Waals surface area (Å²) in [6, 6.07) is 3.81. The van der Waals surface area contributed by atoms with Gasteiger partial charge in [-0.1, -0.05) is 18.9 Å². The number of carbonyl (C=O) groups is 1. The van der Waals surface area contributed by atoms with Gasteiger partial charge in [-0.25, -0.2) is 4.39 Å². The molecule has 1 aliphatic carbocycles. The number of phenolic OH excluding ortho intramolecular Hbond substituents is 1. The van der Waals surface area contributed by atoms with Crippen molar-refractivity contribution in [1.82, 2.24) is 5.32 Å². The number of nitrogens with one attached hydrogen (secondary N) is 1. The van der Waals surface area contributed by atoms with E-state index in [0.29, 0.717) is 12.1 Å². The molecule has 3 unspecified atom stereocenters. The van der Waals surface area contributed by atoms with Gasteiger partial charge in [0.05, 0.1) is 5.92 Å². The fourth-order valence-electron chi connectivity index (χ4n) is 3.10. The minimum atomic E-state index is -0.723. The first-order chi connectivity index (χ1) is 9.99. The Morgan fingerprint density at radius 3 is 2.81 bits per heavy atom. The number of rotatable bonds is 5. The molecule has 0 saturated heterocycles. The van der Waals surface area contributed by atoms with Crippen LogP contribution < -0.4 is 5.32 Å². The van der Waals surface area contributed by atoms with Crippen LogP contribution in [0.3, 0.4) is 0 Å². The summed E-state index contributed by atoms with van der Waals surface area (Å²) in [7, 11) is 0. The minimum absolute atomic E-state index is 0.0755. The van der Waals surface area contributed by atoms with Gasteiger partial charge in [0, 0.05) is 17.7 Å². The lowest BCUT2D eigenvalue weighted by atomic mass is 9.79. The predicted molar refractivity (Wildman–Crippen MR) is 77.6 cm³/mol. The van der Waals surface area contributed by atoms with Crippen molar-refractivity contribution in [1.29, 1.82) is 0 Å². The quantitative estimate of drug-likeness (QED) is 0.781. The van der Waals surface area contributed by atoms with Crippen molar-refractivity contribution >= 4 is 5.97 Å². The SMILES string of the molecule is CC(NCC1CCCCC1C(=O)O)c1ccc(F)cc1O. The van der Waals surface area contributed by atoms with Crippen LogP contribution in [0.5, 0.6) is 5.75 Å². The normalized spacial score (nSPS) is 23.7. The lowest BCUT2D eigenvalue weighted by Gasteiger charge is -2.30. The van der Waals surface area contributed by atoms with Gasteiger partial charge in [-0.05, 0) is 38.3 Å². The van der Waals surface area contributed by atoms with Gasteiger partial charge in [0.1, 0.15) is 11.6 Å². The molecule has 0 heterocycles. The molecule has 0 radical (unpaired) electrons. The molecule has 1 aromatic carbocycles. The number of phenols is 1. The zero-order valence-electron chi connectivity index (χ0n) is 12.2. The molecule has 1 saturated carbocycles. The second-order valence-electron chi connectivity index (χ2n) is 5.82. The van der Waals surface area contributed by atoms with Gasteiger partial charge in [0.25, 0.3) is 0 Å². The van der Waals surface area contributed by atoms with Crippen LogP contribution >= 0.6 is 0 Å². The van der Waals surface area contributed by atoms with E-state index in [9.17, 15) is 19.4 Å². The number of aliphatic carboxylic acids is 1. The van der Waals surface area contributed by atoms with Crippen LogP contribution in [-0.2, 0) is 4.79 Å². The molecule has 0 spiro atoms. The van der Waals surface area contributed by atoms with E-state index in [4.69, 9.17) is 0 Å². The highest BCUT2D eigenvalue weighted by Crippen LogP contribution is 2.31. The van der Waals surface area contributed by atoms with E-state index in [1.807, 2.05) is 6.92 Å². The fraction of sp³-hybridized carbons (Fsp3) is 0.562. The van der Waals surface area contributed by atoms with Crippen LogP contribution in [0.4, 0.5) is 4.39 Å². The van der Waals surface area contributed by atoms with Crippen LogP contribution in [-0.4, -0.2) is 22.7 Å². The zero-order valence-corrected chi connectivity index (χ0v) is 12.2. The number of hydrogen-bond acceptors (Lipinski definition) is 3. The molecule has 0 bridgehead atoms. The van der Waals surface area contributed by atoms with Gasteiger partial charge in [-0.15, -0.1) is 0 Å². The molecule has 3 N–H and O–H groups in total. The third kappa shape index (κ3) is 3.94. The average molecular weight is 295 g/mol. The second kappa shape index (κ2) is 6.89. The number of aromatic hydroxyl groups is 1. The molecule has 0 aliphatic heterocycles. The summed E-state index contributed by atoms with van der Waals surface area (Å²) in [6.45, 7) is 2.47. The highest BCUT2D eigenvalue weighted by atomic mass is 19.1.